The number of nitrogens with zero attached hydrogens (tertiary/aromatic N) is 3. The van der Waals surface area contributed by atoms with Gasteiger partial charge in [0.05, 0.1) is 5.52 Å². The first-order valence-electron chi connectivity index (χ1n) is 8.80. The van der Waals surface area contributed by atoms with E-state index in [4.69, 9.17) is 5.73 Å². The summed E-state index contributed by atoms with van der Waals surface area (Å²) in [6.07, 6.45) is 3.20. The second-order valence-corrected chi connectivity index (χ2v) is 6.50. The van der Waals surface area contributed by atoms with Crippen molar-refractivity contribution in [3.63, 3.8) is 0 Å². The van der Waals surface area contributed by atoms with Gasteiger partial charge in [0.1, 0.15) is 18.2 Å². The Morgan fingerprint density at radius 1 is 1.07 bits per heavy atom. The monoisotopic (exact) mass is 361 g/mol. The Morgan fingerprint density at radius 2 is 1.85 bits per heavy atom. The van der Waals surface area contributed by atoms with Crippen molar-refractivity contribution >= 4 is 34.2 Å². The fourth-order valence-corrected chi connectivity index (χ4v) is 3.46. The van der Waals surface area contributed by atoms with Crippen LogP contribution in [0, 0.1) is 0 Å². The zero-order valence-electron chi connectivity index (χ0n) is 14.6. The highest BCUT2D eigenvalue weighted by molar-refractivity contribution is 6.00. The normalized spacial score (nSPS) is 16.4. The summed E-state index contributed by atoms with van der Waals surface area (Å²) in [5, 5.41) is 3.86. The molecule has 2 heterocycles. The average molecular weight is 361 g/mol. The van der Waals surface area contributed by atoms with Crippen molar-refractivity contribution in [3.05, 3.63) is 60.4 Å². The van der Waals surface area contributed by atoms with Gasteiger partial charge in [-0.05, 0) is 49.2 Å². The lowest BCUT2D eigenvalue weighted by atomic mass is 10.1. The Kier molecular flexibility index (Phi) is 4.42. The van der Waals surface area contributed by atoms with Crippen LogP contribution in [-0.2, 0) is 4.79 Å². The van der Waals surface area contributed by atoms with E-state index in [0.717, 1.165) is 36.1 Å². The van der Waals surface area contributed by atoms with Gasteiger partial charge in [0, 0.05) is 23.2 Å². The Hall–Kier alpha value is -3.48. The van der Waals surface area contributed by atoms with E-state index in [2.05, 4.69) is 15.3 Å². The van der Waals surface area contributed by atoms with Crippen molar-refractivity contribution in [3.8, 4) is 0 Å². The quantitative estimate of drug-likeness (QED) is 0.743. The molecule has 0 bridgehead atoms. The molecule has 1 saturated heterocycles. The number of aromatic nitrogens is 2. The molecule has 1 unspecified atom stereocenters. The van der Waals surface area contributed by atoms with E-state index in [1.807, 2.05) is 29.2 Å². The minimum atomic E-state index is -0.495. The molecule has 2 aromatic carbocycles. The summed E-state index contributed by atoms with van der Waals surface area (Å²) in [6.45, 7) is 0.764. The molecule has 7 nitrogen and oxygen atoms in total. The third kappa shape index (κ3) is 3.31. The topological polar surface area (TPSA) is 101 Å². The zero-order chi connectivity index (χ0) is 18.8. The summed E-state index contributed by atoms with van der Waals surface area (Å²) in [5.74, 6) is 0.190. The van der Waals surface area contributed by atoms with Gasteiger partial charge in [-0.3, -0.25) is 9.59 Å². The van der Waals surface area contributed by atoms with Gasteiger partial charge in [-0.25, -0.2) is 9.97 Å². The van der Waals surface area contributed by atoms with Crippen LogP contribution < -0.4 is 16.0 Å². The number of anilines is 2. The van der Waals surface area contributed by atoms with Crippen LogP contribution in [-0.4, -0.2) is 34.4 Å². The fourth-order valence-electron chi connectivity index (χ4n) is 3.46. The maximum Gasteiger partial charge on any atom is 0.248 e. The number of rotatable bonds is 4. The smallest absolute Gasteiger partial charge is 0.248 e. The molecule has 0 spiro atoms. The minimum absolute atomic E-state index is 0.0954. The molecule has 4 rings (SSSR count). The van der Waals surface area contributed by atoms with Gasteiger partial charge in [-0.2, -0.15) is 0 Å². The summed E-state index contributed by atoms with van der Waals surface area (Å²) < 4.78 is 0. The Bertz CT molecular complexity index is 997. The van der Waals surface area contributed by atoms with Crippen LogP contribution in [0.15, 0.2) is 54.9 Å². The lowest BCUT2D eigenvalue weighted by molar-refractivity contribution is -0.117. The highest BCUT2D eigenvalue weighted by Gasteiger charge is 2.32. The molecule has 136 valence electrons. The standard InChI is InChI=1S/C20H19N5O2/c21-18(26)13-7-9-14(10-8-13)24-20(27)17-6-3-11-25(17)19-15-4-1-2-5-16(15)22-12-23-19/h1-2,4-5,7-10,12,17H,3,6,11H2,(H2,21,26)(H,24,27). The number of hydrogen-bond acceptors (Lipinski definition) is 5. The molecule has 27 heavy (non-hydrogen) atoms. The molecule has 0 aliphatic carbocycles. The molecule has 1 fully saturated rings. The van der Waals surface area contributed by atoms with Crippen LogP contribution in [0.4, 0.5) is 11.5 Å². The molecular weight excluding hydrogens is 342 g/mol. The second-order valence-electron chi connectivity index (χ2n) is 6.50. The highest BCUT2D eigenvalue weighted by Crippen LogP contribution is 2.30. The Balaban J connectivity index is 1.57. The number of hydrogen-bond donors (Lipinski definition) is 2. The highest BCUT2D eigenvalue weighted by atomic mass is 16.2. The maximum absolute atomic E-state index is 12.9. The van der Waals surface area contributed by atoms with Crippen LogP contribution >= 0.6 is 0 Å². The van der Waals surface area contributed by atoms with Gasteiger partial charge < -0.3 is 16.0 Å². The molecule has 7 heteroatoms. The van der Waals surface area contributed by atoms with Crippen molar-refractivity contribution in [2.24, 2.45) is 5.73 Å². The third-order valence-corrected chi connectivity index (χ3v) is 4.79. The number of nitrogens with two attached hydrogens (primary N) is 1. The molecule has 0 radical (unpaired) electrons. The van der Waals surface area contributed by atoms with Gasteiger partial charge in [0.2, 0.25) is 11.8 Å². The number of nitrogens with one attached hydrogen (secondary N) is 1. The van der Waals surface area contributed by atoms with Gasteiger partial charge in [-0.1, -0.05) is 12.1 Å². The van der Waals surface area contributed by atoms with Gasteiger partial charge >= 0.3 is 0 Å². The number of benzene rings is 2. The van der Waals surface area contributed by atoms with Crippen molar-refractivity contribution in [2.45, 2.75) is 18.9 Å². The SMILES string of the molecule is NC(=O)c1ccc(NC(=O)C2CCCN2c2ncnc3ccccc23)cc1. The molecule has 1 aliphatic rings. The third-order valence-electron chi connectivity index (χ3n) is 4.79. The van der Waals surface area contributed by atoms with E-state index in [0.29, 0.717) is 11.3 Å². The number of fused-ring (bicyclic) bond motifs is 1. The average Bonchev–Trinajstić information content (AvgIpc) is 3.18. The number of para-hydroxylation sites is 1. The Labute approximate surface area is 156 Å². The molecule has 3 aromatic rings. The number of carbonyl (C=O) groups is 2. The van der Waals surface area contributed by atoms with Gasteiger partial charge in [-0.15, -0.1) is 0 Å². The zero-order valence-corrected chi connectivity index (χ0v) is 14.6. The molecule has 1 aromatic heterocycles. The summed E-state index contributed by atoms with van der Waals surface area (Å²) in [7, 11) is 0. The van der Waals surface area contributed by atoms with E-state index in [9.17, 15) is 9.59 Å². The van der Waals surface area contributed by atoms with E-state index in [1.165, 1.54) is 6.33 Å². The second kappa shape index (κ2) is 7.03. The lowest BCUT2D eigenvalue weighted by Gasteiger charge is -2.25. The van der Waals surface area contributed by atoms with Crippen LogP contribution in [0.3, 0.4) is 0 Å². The molecular formula is C20H19N5O2. The largest absolute Gasteiger partial charge is 0.366 e. The van der Waals surface area contributed by atoms with Crippen LogP contribution in [0.5, 0.6) is 0 Å². The van der Waals surface area contributed by atoms with E-state index >= 15 is 0 Å². The minimum Gasteiger partial charge on any atom is -0.366 e. The van der Waals surface area contributed by atoms with Crippen LogP contribution in [0.25, 0.3) is 10.9 Å². The van der Waals surface area contributed by atoms with E-state index in [1.54, 1.807) is 24.3 Å². The van der Waals surface area contributed by atoms with Crippen molar-refractivity contribution in [1.82, 2.24) is 9.97 Å². The van der Waals surface area contributed by atoms with E-state index in [-0.39, 0.29) is 11.9 Å². The summed E-state index contributed by atoms with van der Waals surface area (Å²) in [6, 6.07) is 14.0. The predicted octanol–water partition coefficient (Wildman–Crippen LogP) is 2.34. The van der Waals surface area contributed by atoms with E-state index < -0.39 is 5.91 Å². The maximum atomic E-state index is 12.9. The summed E-state index contributed by atoms with van der Waals surface area (Å²) in [4.78, 5) is 34.8. The van der Waals surface area contributed by atoms with Gasteiger partial charge in [0.25, 0.3) is 0 Å². The van der Waals surface area contributed by atoms with Gasteiger partial charge in [0.15, 0.2) is 0 Å². The predicted molar refractivity (Wildman–Crippen MR) is 103 cm³/mol. The first kappa shape index (κ1) is 17.0. The van der Waals surface area contributed by atoms with Crippen LogP contribution in [0.2, 0.25) is 0 Å². The van der Waals surface area contributed by atoms with Crippen molar-refractivity contribution < 1.29 is 9.59 Å². The fraction of sp³-hybridized carbons (Fsp3) is 0.200. The Morgan fingerprint density at radius 3 is 2.63 bits per heavy atom. The molecule has 1 atom stereocenters. The lowest BCUT2D eigenvalue weighted by Crippen LogP contribution is -2.40. The first-order chi connectivity index (χ1) is 13.1. The summed E-state index contributed by atoms with van der Waals surface area (Å²) in [5.41, 5.74) is 7.14. The first-order valence-corrected chi connectivity index (χ1v) is 8.80. The molecule has 1 aliphatic heterocycles. The van der Waals surface area contributed by atoms with Crippen LogP contribution in [0.1, 0.15) is 23.2 Å². The molecule has 0 saturated carbocycles. The van der Waals surface area contributed by atoms with Crippen molar-refractivity contribution in [2.75, 3.05) is 16.8 Å². The molecule has 3 N–H and O–H groups in total. The number of carbonyl (C=O) groups excluding carboxylic acids is 2. The number of amides is 2. The molecule has 2 amide bonds. The van der Waals surface area contributed by atoms with Crippen molar-refractivity contribution in [1.29, 1.82) is 0 Å². The summed E-state index contributed by atoms with van der Waals surface area (Å²) >= 11 is 0. The number of primary amides is 1.